The minimum atomic E-state index is -0.280. The molecule has 2 aliphatic rings. The van der Waals surface area contributed by atoms with Gasteiger partial charge in [-0.05, 0) is 55.6 Å². The average molecular weight is 433 g/mol. The van der Waals surface area contributed by atoms with Crippen molar-refractivity contribution in [1.82, 2.24) is 19.9 Å². The van der Waals surface area contributed by atoms with E-state index in [0.29, 0.717) is 12.8 Å². The number of hydrogen-bond donors (Lipinski definition) is 1. The number of nitrogens with two attached hydrogens (primary N) is 1. The highest BCUT2D eigenvalue weighted by Crippen LogP contribution is 2.38. The van der Waals surface area contributed by atoms with Crippen LogP contribution in [0.2, 0.25) is 0 Å². The van der Waals surface area contributed by atoms with Crippen LogP contribution in [0.5, 0.6) is 0 Å². The molecule has 1 unspecified atom stereocenters. The van der Waals surface area contributed by atoms with E-state index in [-0.39, 0.29) is 23.8 Å². The van der Waals surface area contributed by atoms with E-state index in [1.54, 1.807) is 18.5 Å². The van der Waals surface area contributed by atoms with Gasteiger partial charge in [-0.15, -0.1) is 0 Å². The van der Waals surface area contributed by atoms with Crippen molar-refractivity contribution in [1.29, 1.82) is 0 Å². The standard InChI is InChI=1S/C24H25FN6O/c1-14-23-21(29-24(26)28-14)8-16(9-22(23)30-32-18-12-31(2)13-18)19-6-5-17(25)10-20(19)15-4-3-7-27-11-15/h3-7,10-11,16,18H,8-9,12-13H2,1-2H3,(H2,26,28,29)/b30-22+. The number of fused-ring (bicyclic) bond motifs is 1. The Morgan fingerprint density at radius 2 is 2.03 bits per heavy atom. The van der Waals surface area contributed by atoms with Crippen LogP contribution < -0.4 is 5.73 Å². The molecule has 1 atom stereocenters. The van der Waals surface area contributed by atoms with Gasteiger partial charge in [-0.2, -0.15) is 0 Å². The predicted molar refractivity (Wildman–Crippen MR) is 121 cm³/mol. The highest BCUT2D eigenvalue weighted by Gasteiger charge is 2.32. The van der Waals surface area contributed by atoms with Crippen molar-refractivity contribution in [2.45, 2.75) is 31.8 Å². The molecule has 3 aromatic rings. The predicted octanol–water partition coefficient (Wildman–Crippen LogP) is 3.33. The Morgan fingerprint density at radius 3 is 2.78 bits per heavy atom. The first-order valence-electron chi connectivity index (χ1n) is 10.7. The lowest BCUT2D eigenvalue weighted by Gasteiger charge is -2.34. The molecule has 0 radical (unpaired) electrons. The van der Waals surface area contributed by atoms with Gasteiger partial charge in [0.05, 0.1) is 17.1 Å². The van der Waals surface area contributed by atoms with Gasteiger partial charge >= 0.3 is 0 Å². The van der Waals surface area contributed by atoms with E-state index < -0.39 is 0 Å². The average Bonchev–Trinajstić information content (AvgIpc) is 2.75. The van der Waals surface area contributed by atoms with Crippen LogP contribution in [-0.2, 0) is 11.3 Å². The highest BCUT2D eigenvalue weighted by atomic mass is 19.1. The van der Waals surface area contributed by atoms with Crippen molar-refractivity contribution in [2.75, 3.05) is 25.9 Å². The largest absolute Gasteiger partial charge is 0.390 e. The summed E-state index contributed by atoms with van der Waals surface area (Å²) >= 11 is 0. The fraction of sp³-hybridized carbons (Fsp3) is 0.333. The first-order chi connectivity index (χ1) is 15.5. The van der Waals surface area contributed by atoms with E-state index in [1.807, 2.05) is 32.2 Å². The number of halogens is 1. The lowest BCUT2D eigenvalue weighted by molar-refractivity contribution is -0.0413. The Hall–Kier alpha value is -3.39. The zero-order valence-electron chi connectivity index (χ0n) is 18.1. The van der Waals surface area contributed by atoms with E-state index in [0.717, 1.165) is 52.4 Å². The van der Waals surface area contributed by atoms with Crippen LogP contribution in [0.3, 0.4) is 0 Å². The minimum absolute atomic E-state index is 0.0402. The summed E-state index contributed by atoms with van der Waals surface area (Å²) in [5.74, 6) is 0.00495. The van der Waals surface area contributed by atoms with Crippen LogP contribution in [-0.4, -0.2) is 51.8 Å². The molecule has 8 heteroatoms. The first kappa shape index (κ1) is 20.5. The fourth-order valence-corrected chi connectivity index (χ4v) is 4.63. The number of hydrogen-bond acceptors (Lipinski definition) is 7. The maximum atomic E-state index is 14.2. The fourth-order valence-electron chi connectivity index (χ4n) is 4.63. The first-order valence-corrected chi connectivity index (χ1v) is 10.7. The molecule has 0 saturated carbocycles. The Kier molecular flexibility index (Phi) is 5.30. The molecule has 2 N–H and O–H groups in total. The molecular weight excluding hydrogens is 407 g/mol. The van der Waals surface area contributed by atoms with Crippen LogP contribution in [0.15, 0.2) is 47.9 Å². The SMILES string of the molecule is Cc1nc(N)nc2c1/C(=N/OC1CN(C)C1)CC(c1ccc(F)cc1-c1cccnc1)C2. The molecule has 3 heterocycles. The number of pyridine rings is 1. The van der Waals surface area contributed by atoms with E-state index in [9.17, 15) is 4.39 Å². The molecule has 5 rings (SSSR count). The Morgan fingerprint density at radius 1 is 1.19 bits per heavy atom. The van der Waals surface area contributed by atoms with Gasteiger partial charge in [-0.1, -0.05) is 17.3 Å². The summed E-state index contributed by atoms with van der Waals surface area (Å²) in [6.45, 7) is 3.63. The number of benzene rings is 1. The number of nitrogen functional groups attached to an aromatic ring is 1. The summed E-state index contributed by atoms with van der Waals surface area (Å²) in [6, 6.07) is 8.72. The zero-order valence-corrected chi connectivity index (χ0v) is 18.1. The van der Waals surface area contributed by atoms with Gasteiger partial charge in [0.1, 0.15) is 5.82 Å². The second-order valence-electron chi connectivity index (χ2n) is 8.55. The van der Waals surface area contributed by atoms with Crippen LogP contribution in [0.4, 0.5) is 10.3 Å². The summed E-state index contributed by atoms with van der Waals surface area (Å²) in [5.41, 5.74) is 12.1. The molecular formula is C24H25FN6O. The molecule has 7 nitrogen and oxygen atoms in total. The Labute approximate surface area is 186 Å². The Bertz CT molecular complexity index is 1180. The van der Waals surface area contributed by atoms with E-state index in [4.69, 9.17) is 10.6 Å². The summed E-state index contributed by atoms with van der Waals surface area (Å²) in [4.78, 5) is 21.1. The van der Waals surface area contributed by atoms with Gasteiger partial charge in [0.15, 0.2) is 6.10 Å². The molecule has 164 valence electrons. The quantitative estimate of drug-likeness (QED) is 0.636. The highest BCUT2D eigenvalue weighted by molar-refractivity contribution is 6.03. The van der Waals surface area contributed by atoms with Gasteiger partial charge < -0.3 is 10.6 Å². The topological polar surface area (TPSA) is 89.5 Å². The van der Waals surface area contributed by atoms with Crippen molar-refractivity contribution in [2.24, 2.45) is 5.16 Å². The maximum absolute atomic E-state index is 14.2. The number of aryl methyl sites for hydroxylation is 1. The second-order valence-corrected chi connectivity index (χ2v) is 8.55. The number of likely N-dealkylation sites (N-methyl/N-ethyl adjacent to an activating group) is 1. The lowest BCUT2D eigenvalue weighted by atomic mass is 9.78. The van der Waals surface area contributed by atoms with Crippen molar-refractivity contribution in [3.05, 3.63) is 71.1 Å². The van der Waals surface area contributed by atoms with Gasteiger partial charge in [0.25, 0.3) is 0 Å². The van der Waals surface area contributed by atoms with Crippen LogP contribution in [0.25, 0.3) is 11.1 Å². The van der Waals surface area contributed by atoms with Crippen LogP contribution in [0.1, 0.15) is 34.9 Å². The summed E-state index contributed by atoms with van der Waals surface area (Å²) < 4.78 is 14.2. The molecule has 0 bridgehead atoms. The van der Waals surface area contributed by atoms with Gasteiger partial charge in [0, 0.05) is 43.0 Å². The summed E-state index contributed by atoms with van der Waals surface area (Å²) in [7, 11) is 2.05. The molecule has 32 heavy (non-hydrogen) atoms. The zero-order chi connectivity index (χ0) is 22.2. The van der Waals surface area contributed by atoms with Crippen molar-refractivity contribution >= 4 is 11.7 Å². The van der Waals surface area contributed by atoms with E-state index >= 15 is 0 Å². The smallest absolute Gasteiger partial charge is 0.220 e. The number of rotatable bonds is 4. The second kappa shape index (κ2) is 8.27. The third-order valence-corrected chi connectivity index (χ3v) is 6.12. The lowest BCUT2D eigenvalue weighted by Crippen LogP contribution is -2.49. The van der Waals surface area contributed by atoms with Gasteiger partial charge in [-0.3, -0.25) is 9.88 Å². The normalized spacial score (nSPS) is 20.1. The molecule has 1 fully saturated rings. The molecule has 1 saturated heterocycles. The van der Waals surface area contributed by atoms with Crippen molar-refractivity contribution in [3.63, 3.8) is 0 Å². The third kappa shape index (κ3) is 3.93. The van der Waals surface area contributed by atoms with Crippen molar-refractivity contribution in [3.8, 4) is 11.1 Å². The number of likely N-dealkylation sites (tertiary alicyclic amines) is 1. The van der Waals surface area contributed by atoms with Crippen LogP contribution >= 0.6 is 0 Å². The number of anilines is 1. The monoisotopic (exact) mass is 432 g/mol. The molecule has 0 amide bonds. The molecule has 1 aliphatic carbocycles. The van der Waals surface area contributed by atoms with E-state index in [2.05, 4.69) is 25.0 Å². The summed E-state index contributed by atoms with van der Waals surface area (Å²) in [5, 5.41) is 4.55. The van der Waals surface area contributed by atoms with Crippen LogP contribution in [0, 0.1) is 12.7 Å². The maximum Gasteiger partial charge on any atom is 0.220 e. The van der Waals surface area contributed by atoms with E-state index in [1.165, 1.54) is 6.07 Å². The Balaban J connectivity index is 1.56. The van der Waals surface area contributed by atoms with Gasteiger partial charge in [-0.25, -0.2) is 14.4 Å². The molecule has 1 aliphatic heterocycles. The minimum Gasteiger partial charge on any atom is -0.390 e. The number of nitrogens with zero attached hydrogens (tertiary/aromatic N) is 5. The molecule has 2 aromatic heterocycles. The van der Waals surface area contributed by atoms with Gasteiger partial charge in [0.2, 0.25) is 5.95 Å². The number of oxime groups is 1. The molecule has 0 spiro atoms. The van der Waals surface area contributed by atoms with Crippen molar-refractivity contribution < 1.29 is 9.23 Å². The third-order valence-electron chi connectivity index (χ3n) is 6.12. The number of aromatic nitrogens is 3. The summed E-state index contributed by atoms with van der Waals surface area (Å²) in [6.07, 6.45) is 4.85. The molecule has 1 aromatic carbocycles.